The van der Waals surface area contributed by atoms with Crippen LogP contribution < -0.4 is 33.2 Å². The van der Waals surface area contributed by atoms with Gasteiger partial charge < -0.3 is 43.4 Å². The van der Waals surface area contributed by atoms with Gasteiger partial charge in [0.2, 0.25) is 17.7 Å². The minimum Gasteiger partial charge on any atom is -0.481 e. The van der Waals surface area contributed by atoms with Gasteiger partial charge in [-0.15, -0.1) is 0 Å². The summed E-state index contributed by atoms with van der Waals surface area (Å²) in [6.07, 6.45) is -0.197. The Labute approximate surface area is 179 Å². The van der Waals surface area contributed by atoms with Crippen LogP contribution in [0.1, 0.15) is 33.1 Å². The van der Waals surface area contributed by atoms with Gasteiger partial charge in [0.1, 0.15) is 18.6 Å². The number of nitrogens with one attached hydrogen (secondary N) is 3. The normalized spacial score (nSPS) is 13.4. The van der Waals surface area contributed by atoms with Crippen LogP contribution in [0.25, 0.3) is 0 Å². The molecule has 0 aliphatic rings. The van der Waals surface area contributed by atoms with E-state index in [0.717, 1.165) is 0 Å². The first-order chi connectivity index (χ1) is 14.3. The Morgan fingerprint density at radius 1 is 0.935 bits per heavy atom. The van der Waals surface area contributed by atoms with Crippen molar-refractivity contribution in [3.05, 3.63) is 0 Å². The van der Waals surface area contributed by atoms with Crippen LogP contribution in [0.3, 0.4) is 0 Å². The highest BCUT2D eigenvalue weighted by Crippen LogP contribution is 2.05. The number of carbonyl (C=O) groups excluding carboxylic acids is 3. The van der Waals surface area contributed by atoms with Crippen molar-refractivity contribution in [2.24, 2.45) is 28.1 Å². The Bertz CT molecular complexity index is 692. The zero-order valence-electron chi connectivity index (χ0n) is 17.5. The van der Waals surface area contributed by atoms with Crippen molar-refractivity contribution in [2.75, 3.05) is 13.1 Å². The number of aliphatic carboxylic acids is 2. The molecule has 176 valence electrons. The number of rotatable bonds is 14. The number of guanidine groups is 1. The summed E-state index contributed by atoms with van der Waals surface area (Å²) in [7, 11) is 0. The number of hydrogen-bond donors (Lipinski definition) is 8. The highest BCUT2D eigenvalue weighted by Gasteiger charge is 2.31. The summed E-state index contributed by atoms with van der Waals surface area (Å²) < 4.78 is 0. The molecule has 0 rings (SSSR count). The van der Waals surface area contributed by atoms with E-state index in [2.05, 4.69) is 20.9 Å². The average molecular weight is 445 g/mol. The summed E-state index contributed by atoms with van der Waals surface area (Å²) in [6.45, 7) is 2.79. The van der Waals surface area contributed by atoms with E-state index < -0.39 is 66.7 Å². The minimum atomic E-state index is -1.50. The summed E-state index contributed by atoms with van der Waals surface area (Å²) in [5, 5.41) is 24.5. The lowest BCUT2D eigenvalue weighted by molar-refractivity contribution is -0.142. The minimum absolute atomic E-state index is 0.108. The number of nitrogens with two attached hydrogens (primary N) is 3. The Kier molecular flexibility index (Phi) is 12.2. The van der Waals surface area contributed by atoms with Crippen LogP contribution in [0.15, 0.2) is 4.99 Å². The molecule has 3 atom stereocenters. The van der Waals surface area contributed by atoms with Crippen LogP contribution >= 0.6 is 0 Å². The number of carbonyl (C=O) groups is 5. The molecule has 0 radical (unpaired) electrons. The van der Waals surface area contributed by atoms with Crippen molar-refractivity contribution >= 4 is 35.6 Å². The molecule has 0 aromatic rings. The van der Waals surface area contributed by atoms with E-state index in [-0.39, 0.29) is 18.9 Å². The van der Waals surface area contributed by atoms with Gasteiger partial charge in [0.25, 0.3) is 0 Å². The van der Waals surface area contributed by atoms with Gasteiger partial charge in [-0.3, -0.25) is 29.0 Å². The lowest BCUT2D eigenvalue weighted by Crippen LogP contribution is -2.57. The first-order valence-corrected chi connectivity index (χ1v) is 9.48. The van der Waals surface area contributed by atoms with Crippen molar-refractivity contribution in [3.63, 3.8) is 0 Å². The molecule has 0 aliphatic heterocycles. The van der Waals surface area contributed by atoms with Crippen molar-refractivity contribution in [1.29, 1.82) is 0 Å². The van der Waals surface area contributed by atoms with Crippen LogP contribution in [-0.4, -0.2) is 77.0 Å². The summed E-state index contributed by atoms with van der Waals surface area (Å²) in [4.78, 5) is 62.5. The lowest BCUT2D eigenvalue weighted by Gasteiger charge is -2.25. The maximum atomic E-state index is 12.6. The Morgan fingerprint density at radius 3 is 2.03 bits per heavy atom. The number of nitrogens with zero attached hydrogens (tertiary/aromatic N) is 1. The van der Waals surface area contributed by atoms with Crippen molar-refractivity contribution in [1.82, 2.24) is 16.0 Å². The summed E-state index contributed by atoms with van der Waals surface area (Å²) >= 11 is 0. The first-order valence-electron chi connectivity index (χ1n) is 9.48. The zero-order chi connectivity index (χ0) is 24.1. The fraction of sp³-hybridized carbons (Fsp3) is 0.647. The second-order valence-corrected chi connectivity index (χ2v) is 7.06. The number of amides is 3. The number of carboxylic acids is 2. The lowest BCUT2D eigenvalue weighted by atomic mass is 10.0. The smallest absolute Gasteiger partial charge is 0.322 e. The van der Waals surface area contributed by atoms with Gasteiger partial charge in [-0.2, -0.15) is 0 Å². The molecule has 0 aromatic carbocycles. The zero-order valence-corrected chi connectivity index (χ0v) is 17.5. The number of carboxylic acid groups (broad SMARTS) is 2. The third-order valence-corrected chi connectivity index (χ3v) is 3.98. The molecule has 0 saturated heterocycles. The first kappa shape index (κ1) is 27.6. The number of aliphatic imine (C=N–C) groups is 1. The monoisotopic (exact) mass is 445 g/mol. The maximum absolute atomic E-state index is 12.6. The highest BCUT2D eigenvalue weighted by molar-refractivity contribution is 5.95. The van der Waals surface area contributed by atoms with Crippen LogP contribution in [0.4, 0.5) is 0 Å². The number of hydrogen-bond acceptors (Lipinski definition) is 7. The second-order valence-electron chi connectivity index (χ2n) is 7.06. The quantitative estimate of drug-likeness (QED) is 0.0749. The molecule has 0 bridgehead atoms. The molecule has 0 spiro atoms. The van der Waals surface area contributed by atoms with E-state index >= 15 is 0 Å². The molecule has 14 nitrogen and oxygen atoms in total. The van der Waals surface area contributed by atoms with E-state index in [1.54, 1.807) is 13.8 Å². The molecular formula is C17H31N7O7. The average Bonchev–Trinajstić information content (AvgIpc) is 2.65. The Morgan fingerprint density at radius 2 is 1.55 bits per heavy atom. The van der Waals surface area contributed by atoms with Crippen LogP contribution in [0.2, 0.25) is 0 Å². The van der Waals surface area contributed by atoms with Crippen LogP contribution in [0.5, 0.6) is 0 Å². The third kappa shape index (κ3) is 12.0. The van der Waals surface area contributed by atoms with Gasteiger partial charge in [-0.1, -0.05) is 13.8 Å². The fourth-order valence-electron chi connectivity index (χ4n) is 2.37. The molecule has 31 heavy (non-hydrogen) atoms. The van der Waals surface area contributed by atoms with E-state index in [1.165, 1.54) is 0 Å². The van der Waals surface area contributed by atoms with Crippen molar-refractivity contribution in [3.8, 4) is 0 Å². The molecule has 3 unspecified atom stereocenters. The second kappa shape index (κ2) is 13.7. The predicted octanol–water partition coefficient (Wildman–Crippen LogP) is -3.33. The van der Waals surface area contributed by atoms with Gasteiger partial charge in [-0.05, 0) is 18.8 Å². The molecule has 11 N–H and O–H groups in total. The van der Waals surface area contributed by atoms with Gasteiger partial charge in [0.15, 0.2) is 5.96 Å². The molecule has 0 fully saturated rings. The summed E-state index contributed by atoms with van der Waals surface area (Å²) in [6, 6.07) is -3.69. The van der Waals surface area contributed by atoms with E-state index in [4.69, 9.17) is 27.4 Å². The molecule has 0 saturated carbocycles. The van der Waals surface area contributed by atoms with Crippen molar-refractivity contribution < 1.29 is 34.2 Å². The molecule has 0 aliphatic carbocycles. The molecule has 0 heterocycles. The van der Waals surface area contributed by atoms with Gasteiger partial charge in [-0.25, -0.2) is 0 Å². The third-order valence-electron chi connectivity index (χ3n) is 3.98. The maximum Gasteiger partial charge on any atom is 0.322 e. The summed E-state index contributed by atoms with van der Waals surface area (Å²) in [5.41, 5.74) is 16.1. The largest absolute Gasteiger partial charge is 0.481 e. The standard InChI is InChI=1S/C17H31N7O7/c1-8(2)13(16(31)22-7-12(27)28)24-15(30)10(6-11(25)26)23-14(29)9(18)4-3-5-21-17(19)20/h8-10,13H,3-7,18H2,1-2H3,(H,22,31)(H,23,29)(H,24,30)(H,25,26)(H,27,28)(H4,19,20,21). The fourth-order valence-corrected chi connectivity index (χ4v) is 2.37. The van der Waals surface area contributed by atoms with Crippen LogP contribution in [0, 0.1) is 5.92 Å². The van der Waals surface area contributed by atoms with Gasteiger partial charge in [0, 0.05) is 6.54 Å². The van der Waals surface area contributed by atoms with Crippen LogP contribution in [-0.2, 0) is 24.0 Å². The SMILES string of the molecule is CC(C)C(NC(=O)C(CC(=O)O)NC(=O)C(N)CCCN=C(N)N)C(=O)NCC(=O)O. The van der Waals surface area contributed by atoms with Crippen molar-refractivity contribution in [2.45, 2.75) is 51.2 Å². The van der Waals surface area contributed by atoms with Gasteiger partial charge in [0.05, 0.1) is 12.5 Å². The van der Waals surface area contributed by atoms with E-state index in [1.807, 2.05) is 0 Å². The molecule has 0 aromatic heterocycles. The topological polar surface area (TPSA) is 252 Å². The Hall–Kier alpha value is -3.42. The van der Waals surface area contributed by atoms with Gasteiger partial charge >= 0.3 is 11.9 Å². The van der Waals surface area contributed by atoms with E-state index in [0.29, 0.717) is 6.42 Å². The molecular weight excluding hydrogens is 414 g/mol. The predicted molar refractivity (Wildman–Crippen MR) is 109 cm³/mol. The molecule has 14 heteroatoms. The van der Waals surface area contributed by atoms with E-state index in [9.17, 15) is 24.0 Å². The Balaban J connectivity index is 5.09. The molecule has 3 amide bonds. The summed E-state index contributed by atoms with van der Waals surface area (Å²) in [5.74, 6) is -5.64. The highest BCUT2D eigenvalue weighted by atomic mass is 16.4.